The predicted molar refractivity (Wildman–Crippen MR) is 73.8 cm³/mol. The van der Waals surface area contributed by atoms with Crippen LogP contribution in [-0.2, 0) is 0 Å². The van der Waals surface area contributed by atoms with E-state index in [1.54, 1.807) is 0 Å². The largest absolute Gasteiger partial charge is 0.367 e. The molecule has 0 amide bonds. The topological polar surface area (TPSA) is 47.4 Å². The van der Waals surface area contributed by atoms with Crippen LogP contribution in [0.4, 0.5) is 0 Å². The highest BCUT2D eigenvalue weighted by Crippen LogP contribution is 2.35. The molecule has 2 atom stereocenters. The van der Waals surface area contributed by atoms with Crippen LogP contribution in [0.3, 0.4) is 0 Å². The Morgan fingerprint density at radius 2 is 2.47 bits per heavy atom. The molecule has 0 spiro atoms. The van der Waals surface area contributed by atoms with Crippen LogP contribution in [0.5, 0.6) is 0 Å². The highest BCUT2D eigenvalue weighted by Gasteiger charge is 2.39. The number of nitrogens with zero attached hydrogens (tertiary/aromatic N) is 2. The van der Waals surface area contributed by atoms with E-state index in [9.17, 15) is 4.91 Å². The number of piperidine rings is 1. The van der Waals surface area contributed by atoms with Gasteiger partial charge in [0.2, 0.25) is 6.54 Å². The summed E-state index contributed by atoms with van der Waals surface area (Å²) in [7, 11) is 0. The van der Waals surface area contributed by atoms with Crippen LogP contribution in [0.25, 0.3) is 0 Å². The van der Waals surface area contributed by atoms with Gasteiger partial charge in [-0.2, -0.15) is 0 Å². The number of hydrazine groups is 1. The molecule has 3 rings (SSSR count). The fraction of sp³-hybridized carbons (Fsp3) is 0.571. The Hall–Kier alpha value is -1.62. The first-order valence-corrected chi connectivity index (χ1v) is 7.06. The van der Waals surface area contributed by atoms with E-state index in [0.717, 1.165) is 24.1 Å². The maximum absolute atomic E-state index is 11.6. The average molecular weight is 261 g/mol. The minimum Gasteiger partial charge on any atom is -0.367 e. The predicted octanol–water partition coefficient (Wildman–Crippen LogP) is 1.27. The molecule has 2 N–H and O–H groups in total. The van der Waals surface area contributed by atoms with Gasteiger partial charge in [0, 0.05) is 40.3 Å². The van der Waals surface area contributed by atoms with Crippen LogP contribution in [-0.4, -0.2) is 35.6 Å². The summed E-state index contributed by atoms with van der Waals surface area (Å²) in [6.45, 7) is 4.25. The molecule has 2 unspecified atom stereocenters. The van der Waals surface area contributed by atoms with Gasteiger partial charge < -0.3 is 5.32 Å². The van der Waals surface area contributed by atoms with Crippen LogP contribution in [0, 0.1) is 10.8 Å². The van der Waals surface area contributed by atoms with Gasteiger partial charge in [0.1, 0.15) is 6.17 Å². The van der Waals surface area contributed by atoms with E-state index in [0.29, 0.717) is 19.0 Å². The molecule has 0 aromatic carbocycles. The fourth-order valence-electron chi connectivity index (χ4n) is 3.03. The summed E-state index contributed by atoms with van der Waals surface area (Å²) in [5.41, 5.74) is 6.02. The number of rotatable bonds is 3. The number of nitrogens with one attached hydrogen (secondary N) is 2. The lowest BCUT2D eigenvalue weighted by molar-refractivity contribution is -0.549. The van der Waals surface area contributed by atoms with E-state index in [1.807, 2.05) is 6.20 Å². The molecule has 1 saturated heterocycles. The highest BCUT2D eigenvalue weighted by molar-refractivity contribution is 5.35. The third kappa shape index (κ3) is 2.30. The van der Waals surface area contributed by atoms with Gasteiger partial charge in [0.25, 0.3) is 0 Å². The number of dihydropyridines is 1. The molecule has 0 radical (unpaired) electrons. The van der Waals surface area contributed by atoms with Gasteiger partial charge in [-0.25, -0.2) is 5.43 Å². The number of allylic oxidation sites excluding steroid dienone is 2. The Labute approximate surface area is 113 Å². The zero-order valence-electron chi connectivity index (χ0n) is 11.3. The monoisotopic (exact) mass is 261 g/mol. The lowest BCUT2D eigenvalue weighted by Gasteiger charge is -2.42. The second kappa shape index (κ2) is 5.17. The highest BCUT2D eigenvalue weighted by atomic mass is 16.3. The first kappa shape index (κ1) is 12.4. The van der Waals surface area contributed by atoms with Gasteiger partial charge in [-0.05, 0) is 24.3 Å². The summed E-state index contributed by atoms with van der Waals surface area (Å²) >= 11 is 0. The van der Waals surface area contributed by atoms with Gasteiger partial charge in [0.15, 0.2) is 6.54 Å². The zero-order valence-corrected chi connectivity index (χ0v) is 11.3. The Kier molecular flexibility index (Phi) is 3.38. The van der Waals surface area contributed by atoms with E-state index in [-0.39, 0.29) is 6.17 Å². The summed E-state index contributed by atoms with van der Waals surface area (Å²) in [6.07, 6.45) is 10.5. The van der Waals surface area contributed by atoms with Gasteiger partial charge in [-0.1, -0.05) is 13.0 Å². The van der Waals surface area contributed by atoms with Crippen molar-refractivity contribution in [3.63, 3.8) is 0 Å². The third-order valence-electron chi connectivity index (χ3n) is 3.96. The number of hydrogen-bond acceptors (Lipinski definition) is 4. The maximum Gasteiger partial charge on any atom is 0.215 e. The van der Waals surface area contributed by atoms with E-state index in [1.165, 1.54) is 11.1 Å². The van der Waals surface area contributed by atoms with E-state index in [2.05, 4.69) is 41.0 Å². The first-order valence-electron chi connectivity index (χ1n) is 7.06. The van der Waals surface area contributed by atoms with Crippen molar-refractivity contribution in [2.45, 2.75) is 25.9 Å². The van der Waals surface area contributed by atoms with Crippen molar-refractivity contribution in [1.29, 1.82) is 0 Å². The Balaban J connectivity index is 1.89. The Morgan fingerprint density at radius 3 is 3.32 bits per heavy atom. The van der Waals surface area contributed by atoms with Crippen molar-refractivity contribution >= 4 is 0 Å². The van der Waals surface area contributed by atoms with Crippen molar-refractivity contribution < 1.29 is 4.76 Å². The number of fused-ring (bicyclic) bond motifs is 3. The average Bonchev–Trinajstić information content (AvgIpc) is 2.44. The van der Waals surface area contributed by atoms with Gasteiger partial charge >= 0.3 is 0 Å². The molecule has 0 aliphatic carbocycles. The molecule has 0 saturated carbocycles. The molecule has 1 fully saturated rings. The van der Waals surface area contributed by atoms with Crippen LogP contribution in [0.15, 0.2) is 35.7 Å². The molecule has 5 heteroatoms. The van der Waals surface area contributed by atoms with E-state index < -0.39 is 0 Å². The first-order chi connectivity index (χ1) is 9.29. The summed E-state index contributed by atoms with van der Waals surface area (Å²) in [6, 6.07) is 0. The molecular formula is C14H21N4O+. The summed E-state index contributed by atoms with van der Waals surface area (Å²) in [5.74, 6) is 0.423. The molecule has 0 aromatic rings. The number of hydrogen-bond donors (Lipinski definition) is 2. The van der Waals surface area contributed by atoms with Crippen molar-refractivity contribution in [1.82, 2.24) is 15.8 Å². The molecular weight excluding hydrogens is 240 g/mol. The molecule has 0 aromatic heterocycles. The molecule has 3 heterocycles. The fourth-order valence-corrected chi connectivity index (χ4v) is 3.03. The lowest BCUT2D eigenvalue weighted by Crippen LogP contribution is -2.55. The minimum absolute atomic E-state index is 0.184. The normalized spacial score (nSPS) is 29.1. The van der Waals surface area contributed by atoms with E-state index in [4.69, 9.17) is 0 Å². The third-order valence-corrected chi connectivity index (χ3v) is 3.96. The standard InChI is InChI=1S/C14H21N4O/c1-2-6-16-18-10-11-9-17(19)8-5-12(11)13-4-3-7-15-14(13)18/h3-4,7,10,12,14-16H,2,5-6,8-9H2,1H3/q+1. The van der Waals surface area contributed by atoms with E-state index >= 15 is 0 Å². The van der Waals surface area contributed by atoms with Crippen molar-refractivity contribution in [3.05, 3.63) is 40.6 Å². The van der Waals surface area contributed by atoms with Gasteiger partial charge in [-0.3, -0.25) is 5.01 Å². The van der Waals surface area contributed by atoms with Crippen molar-refractivity contribution in [2.24, 2.45) is 5.92 Å². The van der Waals surface area contributed by atoms with Crippen LogP contribution >= 0.6 is 0 Å². The van der Waals surface area contributed by atoms with Crippen molar-refractivity contribution in [2.75, 3.05) is 19.6 Å². The summed E-state index contributed by atoms with van der Waals surface area (Å²) in [4.78, 5) is 11.6. The Morgan fingerprint density at radius 1 is 1.58 bits per heavy atom. The molecule has 3 aliphatic heterocycles. The smallest absolute Gasteiger partial charge is 0.215 e. The summed E-state index contributed by atoms with van der Waals surface area (Å²) in [5, 5.41) is 5.52. The van der Waals surface area contributed by atoms with Crippen LogP contribution in [0.2, 0.25) is 0 Å². The second-order valence-corrected chi connectivity index (χ2v) is 5.32. The molecule has 0 bridgehead atoms. The number of nitroso groups, excluding NO2 is 1. The second-order valence-electron chi connectivity index (χ2n) is 5.32. The maximum atomic E-state index is 11.6. The molecule has 5 nitrogen and oxygen atoms in total. The van der Waals surface area contributed by atoms with Crippen LogP contribution in [0.1, 0.15) is 19.8 Å². The quantitative estimate of drug-likeness (QED) is 0.751. The molecule has 102 valence electrons. The van der Waals surface area contributed by atoms with Crippen molar-refractivity contribution in [3.8, 4) is 0 Å². The lowest BCUT2D eigenvalue weighted by atomic mass is 9.81. The van der Waals surface area contributed by atoms with Gasteiger partial charge in [-0.15, -0.1) is 0 Å². The summed E-state index contributed by atoms with van der Waals surface area (Å²) < 4.78 is 1.16. The molecule has 19 heavy (non-hydrogen) atoms. The Bertz CT molecular complexity index is 466. The van der Waals surface area contributed by atoms with Gasteiger partial charge in [0.05, 0.1) is 0 Å². The molecule has 3 aliphatic rings. The van der Waals surface area contributed by atoms with Crippen LogP contribution < -0.4 is 10.7 Å². The minimum atomic E-state index is 0.184. The SMILES string of the molecule is CCCNN1C=C2C[N+](=O)CCC2C2=CC=CNC21. The zero-order chi connectivity index (χ0) is 13.2.